The molecule has 6 nitrogen and oxygen atoms in total. The number of nitrogens with zero attached hydrogens (tertiary/aromatic N) is 4. The van der Waals surface area contributed by atoms with Gasteiger partial charge in [-0.25, -0.2) is 0 Å². The van der Waals surface area contributed by atoms with E-state index in [1.165, 1.54) is 0 Å². The molecule has 1 N–H and O–H groups in total. The monoisotopic (exact) mass is 239 g/mol. The normalized spacial score (nSPS) is 10.4. The van der Waals surface area contributed by atoms with Gasteiger partial charge in [-0.15, -0.1) is 10.2 Å². The topological polar surface area (TPSA) is 79.2 Å². The van der Waals surface area contributed by atoms with Gasteiger partial charge in [0.05, 0.1) is 18.4 Å². The summed E-state index contributed by atoms with van der Waals surface area (Å²) in [4.78, 5) is 0. The van der Waals surface area contributed by atoms with Crippen molar-refractivity contribution in [2.45, 2.75) is 6.54 Å². The molecular weight excluding hydrogens is 230 g/mol. The van der Waals surface area contributed by atoms with Crippen LogP contribution >= 0.6 is 0 Å². The molecule has 3 heterocycles. The molecule has 88 valence electrons. The molecule has 0 fully saturated rings. The van der Waals surface area contributed by atoms with Crippen LogP contribution in [0.15, 0.2) is 41.3 Å². The minimum atomic E-state index is 0.499. The van der Waals surface area contributed by atoms with Crippen LogP contribution in [0.4, 0.5) is 5.82 Å². The highest BCUT2D eigenvalue weighted by Gasteiger charge is 2.08. The molecule has 0 spiro atoms. The minimum absolute atomic E-state index is 0.499. The van der Waals surface area contributed by atoms with Crippen molar-refractivity contribution in [3.63, 3.8) is 0 Å². The molecule has 0 aromatic carbocycles. The number of nitrogens with one attached hydrogen (secondary N) is 1. The number of aromatic nitrogens is 3. The van der Waals surface area contributed by atoms with Gasteiger partial charge in [-0.3, -0.25) is 4.40 Å². The molecule has 0 bridgehead atoms. The number of hydrogen-bond donors (Lipinski definition) is 1. The summed E-state index contributed by atoms with van der Waals surface area (Å²) in [5, 5.41) is 20.0. The lowest BCUT2D eigenvalue weighted by Gasteiger charge is -2.08. The van der Waals surface area contributed by atoms with Gasteiger partial charge in [-0.05, 0) is 24.3 Å². The number of hydrogen-bond acceptors (Lipinski definition) is 5. The molecule has 0 saturated carbocycles. The Kier molecular flexibility index (Phi) is 2.43. The van der Waals surface area contributed by atoms with Gasteiger partial charge in [0.2, 0.25) is 0 Å². The van der Waals surface area contributed by atoms with Gasteiger partial charge in [-0.2, -0.15) is 5.26 Å². The molecule has 0 unspecified atom stereocenters. The smallest absolute Gasteiger partial charge is 0.162 e. The summed E-state index contributed by atoms with van der Waals surface area (Å²) in [6.45, 7) is 0.499. The second kappa shape index (κ2) is 4.22. The summed E-state index contributed by atoms with van der Waals surface area (Å²) in [5.41, 5.74) is 1.23. The largest absolute Gasteiger partial charge is 0.467 e. The third-order valence-corrected chi connectivity index (χ3v) is 2.60. The number of anilines is 1. The first-order valence-corrected chi connectivity index (χ1v) is 5.37. The Labute approximate surface area is 102 Å². The van der Waals surface area contributed by atoms with E-state index in [9.17, 15) is 0 Å². The van der Waals surface area contributed by atoms with Crippen LogP contribution in [-0.4, -0.2) is 14.6 Å². The SMILES string of the molecule is N#Cc1ccc2nncn2c1NCc1ccco1. The van der Waals surface area contributed by atoms with Gasteiger partial charge in [0.15, 0.2) is 5.65 Å². The third kappa shape index (κ3) is 1.68. The number of nitriles is 1. The Morgan fingerprint density at radius 1 is 1.39 bits per heavy atom. The summed E-state index contributed by atoms with van der Waals surface area (Å²) in [5.74, 6) is 1.46. The highest BCUT2D eigenvalue weighted by atomic mass is 16.3. The van der Waals surface area contributed by atoms with Crippen molar-refractivity contribution in [2.75, 3.05) is 5.32 Å². The summed E-state index contributed by atoms with van der Waals surface area (Å²) in [6, 6.07) is 9.30. The first-order valence-electron chi connectivity index (χ1n) is 5.37. The molecule has 6 heteroatoms. The Balaban J connectivity index is 1.98. The van der Waals surface area contributed by atoms with Gasteiger partial charge < -0.3 is 9.73 Å². The van der Waals surface area contributed by atoms with Crippen molar-refractivity contribution in [1.82, 2.24) is 14.6 Å². The van der Waals surface area contributed by atoms with Crippen molar-refractivity contribution < 1.29 is 4.42 Å². The highest BCUT2D eigenvalue weighted by Crippen LogP contribution is 2.17. The maximum atomic E-state index is 9.11. The van der Waals surface area contributed by atoms with Crippen LogP contribution in [0.1, 0.15) is 11.3 Å². The maximum Gasteiger partial charge on any atom is 0.162 e. The summed E-state index contributed by atoms with van der Waals surface area (Å²) in [6.07, 6.45) is 3.18. The Morgan fingerprint density at radius 2 is 2.33 bits per heavy atom. The predicted octanol–water partition coefficient (Wildman–Crippen LogP) is 1.81. The maximum absolute atomic E-state index is 9.11. The van der Waals surface area contributed by atoms with Crippen molar-refractivity contribution in [3.05, 3.63) is 48.2 Å². The van der Waals surface area contributed by atoms with Crippen LogP contribution in [-0.2, 0) is 6.54 Å². The van der Waals surface area contributed by atoms with Crippen LogP contribution in [0.3, 0.4) is 0 Å². The molecule has 0 aliphatic heterocycles. The lowest BCUT2D eigenvalue weighted by Crippen LogP contribution is -2.05. The molecule has 3 aromatic rings. The highest BCUT2D eigenvalue weighted by molar-refractivity contribution is 5.59. The first kappa shape index (κ1) is 10.4. The average molecular weight is 239 g/mol. The van der Waals surface area contributed by atoms with Gasteiger partial charge in [0.25, 0.3) is 0 Å². The zero-order valence-electron chi connectivity index (χ0n) is 9.37. The zero-order valence-corrected chi connectivity index (χ0v) is 9.37. The fourth-order valence-corrected chi connectivity index (χ4v) is 1.75. The summed E-state index contributed by atoms with van der Waals surface area (Å²) < 4.78 is 6.97. The van der Waals surface area contributed by atoms with E-state index in [1.807, 2.05) is 12.1 Å². The van der Waals surface area contributed by atoms with Gasteiger partial charge in [0.1, 0.15) is 24.0 Å². The van der Waals surface area contributed by atoms with E-state index < -0.39 is 0 Å². The molecule has 0 aliphatic rings. The first-order chi connectivity index (χ1) is 8.88. The third-order valence-electron chi connectivity index (χ3n) is 2.60. The number of pyridine rings is 1. The molecule has 3 aromatic heterocycles. The van der Waals surface area contributed by atoms with Crippen LogP contribution in [0, 0.1) is 11.3 Å². The predicted molar refractivity (Wildman–Crippen MR) is 63.7 cm³/mol. The van der Waals surface area contributed by atoms with E-state index in [-0.39, 0.29) is 0 Å². The quantitative estimate of drug-likeness (QED) is 0.754. The summed E-state index contributed by atoms with van der Waals surface area (Å²) >= 11 is 0. The standard InChI is InChI=1S/C12H9N5O/c13-6-9-3-4-11-16-15-8-17(11)12(9)14-7-10-2-1-5-18-10/h1-5,8,14H,7H2. The van der Waals surface area contributed by atoms with E-state index >= 15 is 0 Å². The fraction of sp³-hybridized carbons (Fsp3) is 0.0833. The number of rotatable bonds is 3. The summed E-state index contributed by atoms with van der Waals surface area (Å²) in [7, 11) is 0. The minimum Gasteiger partial charge on any atom is -0.467 e. The van der Waals surface area contributed by atoms with Crippen LogP contribution in [0.5, 0.6) is 0 Å². The van der Waals surface area contributed by atoms with Crippen molar-refractivity contribution >= 4 is 11.5 Å². The van der Waals surface area contributed by atoms with Crippen LogP contribution in [0.2, 0.25) is 0 Å². The second-order valence-corrected chi connectivity index (χ2v) is 3.70. The lowest BCUT2D eigenvalue weighted by atomic mass is 10.2. The van der Waals surface area contributed by atoms with E-state index in [2.05, 4.69) is 21.6 Å². The Morgan fingerprint density at radius 3 is 3.11 bits per heavy atom. The van der Waals surface area contributed by atoms with Crippen LogP contribution in [0.25, 0.3) is 5.65 Å². The number of fused-ring (bicyclic) bond motifs is 1. The lowest BCUT2D eigenvalue weighted by molar-refractivity contribution is 0.517. The van der Waals surface area contributed by atoms with E-state index in [0.717, 1.165) is 5.76 Å². The molecule has 0 aliphatic carbocycles. The molecule has 0 amide bonds. The van der Waals surface area contributed by atoms with Crippen molar-refractivity contribution in [1.29, 1.82) is 5.26 Å². The van der Waals surface area contributed by atoms with Crippen molar-refractivity contribution in [2.24, 2.45) is 0 Å². The van der Waals surface area contributed by atoms with E-state index in [0.29, 0.717) is 23.6 Å². The molecule has 0 saturated heterocycles. The Bertz CT molecular complexity index is 708. The van der Waals surface area contributed by atoms with Gasteiger partial charge in [-0.1, -0.05) is 0 Å². The van der Waals surface area contributed by atoms with Crippen LogP contribution < -0.4 is 5.32 Å². The Hall–Kier alpha value is -2.81. The van der Waals surface area contributed by atoms with E-state index in [4.69, 9.17) is 9.68 Å². The molecular formula is C12H9N5O. The molecule has 3 rings (SSSR count). The van der Waals surface area contributed by atoms with E-state index in [1.54, 1.807) is 29.1 Å². The molecule has 0 radical (unpaired) electrons. The number of furan rings is 1. The fourth-order valence-electron chi connectivity index (χ4n) is 1.75. The van der Waals surface area contributed by atoms with Gasteiger partial charge >= 0.3 is 0 Å². The molecule has 18 heavy (non-hydrogen) atoms. The van der Waals surface area contributed by atoms with Gasteiger partial charge in [0, 0.05) is 0 Å². The second-order valence-electron chi connectivity index (χ2n) is 3.70. The molecule has 0 atom stereocenters. The van der Waals surface area contributed by atoms with Crippen molar-refractivity contribution in [3.8, 4) is 6.07 Å². The average Bonchev–Trinajstić information content (AvgIpc) is 3.06. The zero-order chi connectivity index (χ0) is 12.4.